The first-order valence-corrected chi connectivity index (χ1v) is 8.62. The molecule has 3 aromatic rings. The highest BCUT2D eigenvalue weighted by Crippen LogP contribution is 2.21. The number of amides is 1. The van der Waals surface area contributed by atoms with Gasteiger partial charge in [-0.3, -0.25) is 9.59 Å². The molecule has 5 nitrogen and oxygen atoms in total. The van der Waals surface area contributed by atoms with Crippen molar-refractivity contribution in [3.63, 3.8) is 0 Å². The number of nitriles is 1. The smallest absolute Gasteiger partial charge is 0.257 e. The Balaban J connectivity index is 1.89. The molecular formula is C21H16ClN3O2. The van der Waals surface area contributed by atoms with Crippen molar-refractivity contribution in [1.29, 1.82) is 5.26 Å². The van der Waals surface area contributed by atoms with Crippen LogP contribution in [0.2, 0.25) is 5.02 Å². The molecule has 0 aliphatic rings. The summed E-state index contributed by atoms with van der Waals surface area (Å²) < 4.78 is 1.49. The first-order chi connectivity index (χ1) is 13.0. The topological polar surface area (TPSA) is 74.9 Å². The monoisotopic (exact) mass is 377 g/mol. The summed E-state index contributed by atoms with van der Waals surface area (Å²) in [4.78, 5) is 24.8. The minimum Gasteiger partial charge on any atom is -0.321 e. The molecule has 0 saturated carbocycles. The number of carbonyl (C=O) groups excluding carboxylic acids is 1. The molecule has 1 amide bonds. The number of pyridine rings is 1. The maximum absolute atomic E-state index is 12.6. The van der Waals surface area contributed by atoms with Gasteiger partial charge in [0.2, 0.25) is 0 Å². The van der Waals surface area contributed by atoms with Gasteiger partial charge in [0.15, 0.2) is 0 Å². The van der Waals surface area contributed by atoms with Crippen LogP contribution >= 0.6 is 11.6 Å². The second-order valence-corrected chi connectivity index (χ2v) is 6.50. The summed E-state index contributed by atoms with van der Waals surface area (Å²) in [6.07, 6.45) is 1.51. The van der Waals surface area contributed by atoms with Crippen LogP contribution in [0.5, 0.6) is 0 Å². The second kappa shape index (κ2) is 7.90. The van der Waals surface area contributed by atoms with E-state index in [-0.39, 0.29) is 5.56 Å². The number of anilines is 1. The molecule has 134 valence electrons. The van der Waals surface area contributed by atoms with Crippen molar-refractivity contribution in [3.8, 4) is 6.07 Å². The number of carbonyl (C=O) groups is 1. The molecule has 0 spiro atoms. The lowest BCUT2D eigenvalue weighted by Crippen LogP contribution is -2.23. The maximum Gasteiger partial charge on any atom is 0.257 e. The third kappa shape index (κ3) is 4.25. The highest BCUT2D eigenvalue weighted by atomic mass is 35.5. The van der Waals surface area contributed by atoms with Gasteiger partial charge >= 0.3 is 0 Å². The van der Waals surface area contributed by atoms with E-state index in [1.807, 2.05) is 37.3 Å². The van der Waals surface area contributed by atoms with Crippen LogP contribution in [0.3, 0.4) is 0 Å². The van der Waals surface area contributed by atoms with E-state index in [1.54, 1.807) is 6.07 Å². The highest BCUT2D eigenvalue weighted by molar-refractivity contribution is 6.31. The van der Waals surface area contributed by atoms with E-state index in [4.69, 9.17) is 11.6 Å². The lowest BCUT2D eigenvalue weighted by atomic mass is 10.1. The third-order valence-corrected chi connectivity index (χ3v) is 4.43. The SMILES string of the molecule is Cc1ccccc1Cn1cc(C(=O)Nc2cc(Cl)ccc2C#N)ccc1=O. The van der Waals surface area contributed by atoms with Crippen molar-refractivity contribution in [2.45, 2.75) is 13.5 Å². The van der Waals surface area contributed by atoms with Crippen LogP contribution in [0.25, 0.3) is 0 Å². The Hall–Kier alpha value is -3.36. The Morgan fingerprint density at radius 2 is 1.96 bits per heavy atom. The van der Waals surface area contributed by atoms with Gasteiger partial charge in [-0.1, -0.05) is 35.9 Å². The summed E-state index contributed by atoms with van der Waals surface area (Å²) in [5.74, 6) is -0.424. The summed E-state index contributed by atoms with van der Waals surface area (Å²) in [7, 11) is 0. The molecule has 0 unspecified atom stereocenters. The molecule has 0 radical (unpaired) electrons. The first kappa shape index (κ1) is 18.4. The number of rotatable bonds is 4. The Bertz CT molecular complexity index is 1110. The molecule has 2 aromatic carbocycles. The fourth-order valence-corrected chi connectivity index (χ4v) is 2.84. The summed E-state index contributed by atoms with van der Waals surface area (Å²) in [5.41, 5.74) is 2.81. The molecule has 0 bridgehead atoms. The van der Waals surface area contributed by atoms with Crippen LogP contribution in [-0.4, -0.2) is 10.5 Å². The van der Waals surface area contributed by atoms with Crippen LogP contribution in [0.15, 0.2) is 65.6 Å². The summed E-state index contributed by atoms with van der Waals surface area (Å²) in [6, 6.07) is 17.2. The summed E-state index contributed by atoms with van der Waals surface area (Å²) >= 11 is 5.95. The quantitative estimate of drug-likeness (QED) is 0.747. The largest absolute Gasteiger partial charge is 0.321 e. The van der Waals surface area contributed by atoms with Crippen LogP contribution in [0.1, 0.15) is 27.0 Å². The Labute approximate surface area is 161 Å². The first-order valence-electron chi connectivity index (χ1n) is 8.24. The molecule has 0 saturated heterocycles. The Kier molecular flexibility index (Phi) is 5.39. The minimum atomic E-state index is -0.424. The zero-order chi connectivity index (χ0) is 19.4. The molecule has 1 aromatic heterocycles. The van der Waals surface area contributed by atoms with Gasteiger partial charge in [-0.2, -0.15) is 5.26 Å². The van der Waals surface area contributed by atoms with Crippen LogP contribution in [0, 0.1) is 18.3 Å². The van der Waals surface area contributed by atoms with Crippen LogP contribution in [-0.2, 0) is 6.54 Å². The number of benzene rings is 2. The van der Waals surface area contributed by atoms with E-state index in [0.717, 1.165) is 11.1 Å². The van der Waals surface area contributed by atoms with Gasteiger partial charge in [0.25, 0.3) is 11.5 Å². The van der Waals surface area contributed by atoms with Crippen LogP contribution < -0.4 is 10.9 Å². The molecule has 27 heavy (non-hydrogen) atoms. The maximum atomic E-state index is 12.6. The van der Waals surface area contributed by atoms with Gasteiger partial charge in [0.05, 0.1) is 23.4 Å². The molecule has 1 heterocycles. The fourth-order valence-electron chi connectivity index (χ4n) is 2.67. The highest BCUT2D eigenvalue weighted by Gasteiger charge is 2.12. The summed E-state index contributed by atoms with van der Waals surface area (Å²) in [6.45, 7) is 2.34. The average Bonchev–Trinajstić information content (AvgIpc) is 2.65. The third-order valence-electron chi connectivity index (χ3n) is 4.20. The average molecular weight is 378 g/mol. The zero-order valence-electron chi connectivity index (χ0n) is 14.6. The molecule has 0 fully saturated rings. The lowest BCUT2D eigenvalue weighted by Gasteiger charge is -2.11. The molecule has 0 atom stereocenters. The standard InChI is InChI=1S/C21H16ClN3O2/c1-14-4-2-3-5-16(14)12-25-13-17(7-9-20(25)26)21(27)24-19-10-18(22)8-6-15(19)11-23/h2-10,13H,12H2,1H3,(H,24,27). The van der Waals surface area contributed by atoms with E-state index >= 15 is 0 Å². The number of aromatic nitrogens is 1. The van der Waals surface area contributed by atoms with Crippen molar-refractivity contribution in [3.05, 3.63) is 98.4 Å². The molecular weight excluding hydrogens is 362 g/mol. The van der Waals surface area contributed by atoms with E-state index in [9.17, 15) is 14.9 Å². The van der Waals surface area contributed by atoms with Crippen molar-refractivity contribution >= 4 is 23.2 Å². The van der Waals surface area contributed by atoms with Gasteiger partial charge in [-0.15, -0.1) is 0 Å². The zero-order valence-corrected chi connectivity index (χ0v) is 15.3. The molecule has 3 rings (SSSR count). The second-order valence-electron chi connectivity index (χ2n) is 6.07. The predicted octanol–water partition coefficient (Wildman–Crippen LogP) is 3.98. The molecule has 0 aliphatic carbocycles. The number of aryl methyl sites for hydroxylation is 1. The fraction of sp³-hybridized carbons (Fsp3) is 0.0952. The van der Waals surface area contributed by atoms with Gasteiger partial charge < -0.3 is 9.88 Å². The Morgan fingerprint density at radius 3 is 2.70 bits per heavy atom. The van der Waals surface area contributed by atoms with Crippen molar-refractivity contribution in [1.82, 2.24) is 4.57 Å². The van der Waals surface area contributed by atoms with Crippen LogP contribution in [0.4, 0.5) is 5.69 Å². The molecule has 6 heteroatoms. The van der Waals surface area contributed by atoms with Gasteiger partial charge in [-0.05, 0) is 42.3 Å². The van der Waals surface area contributed by atoms with Gasteiger partial charge in [-0.25, -0.2) is 0 Å². The number of halogens is 1. The number of nitrogens with zero attached hydrogens (tertiary/aromatic N) is 2. The molecule has 0 aliphatic heterocycles. The number of hydrogen-bond acceptors (Lipinski definition) is 3. The van der Waals surface area contributed by atoms with Crippen molar-refractivity contribution in [2.75, 3.05) is 5.32 Å². The number of nitrogens with one attached hydrogen (secondary N) is 1. The van der Waals surface area contributed by atoms with E-state index < -0.39 is 5.91 Å². The van der Waals surface area contributed by atoms with E-state index in [2.05, 4.69) is 5.32 Å². The van der Waals surface area contributed by atoms with Crippen molar-refractivity contribution < 1.29 is 4.79 Å². The molecule has 1 N–H and O–H groups in total. The van der Waals surface area contributed by atoms with Gasteiger partial charge in [0.1, 0.15) is 6.07 Å². The minimum absolute atomic E-state index is 0.199. The Morgan fingerprint density at radius 1 is 1.19 bits per heavy atom. The van der Waals surface area contributed by atoms with Crippen molar-refractivity contribution in [2.24, 2.45) is 0 Å². The number of hydrogen-bond donors (Lipinski definition) is 1. The van der Waals surface area contributed by atoms with E-state index in [1.165, 1.54) is 35.0 Å². The summed E-state index contributed by atoms with van der Waals surface area (Å²) in [5, 5.41) is 12.3. The lowest BCUT2D eigenvalue weighted by molar-refractivity contribution is 0.102. The van der Waals surface area contributed by atoms with E-state index in [0.29, 0.717) is 28.4 Å². The normalized spacial score (nSPS) is 10.3. The van der Waals surface area contributed by atoms with Gasteiger partial charge in [0, 0.05) is 17.3 Å². The predicted molar refractivity (Wildman–Crippen MR) is 105 cm³/mol.